The van der Waals surface area contributed by atoms with E-state index < -0.39 is 18.1 Å². The first-order valence-corrected chi connectivity index (χ1v) is 12.3. The lowest BCUT2D eigenvalue weighted by Gasteiger charge is -2.24. The maximum absolute atomic E-state index is 12.9. The van der Waals surface area contributed by atoms with E-state index in [1.54, 1.807) is 0 Å². The van der Waals surface area contributed by atoms with Crippen molar-refractivity contribution in [3.63, 3.8) is 0 Å². The standard InChI is InChI=1S/C28H36N2O5/c1-17(2)13-25(27(33)29-15-19(18(3)4)14-26(31)32)30-28(34)35-16-24-22-11-7-5-9-20(22)21-10-6-8-12-23(21)24/h5-12,17-19,24-25H,13-16H2,1-4H3,(H,29,33)(H,30,34)(H,31,32)/t19?,25-/m0/s1. The molecule has 0 saturated carbocycles. The quantitative estimate of drug-likeness (QED) is 0.428. The van der Waals surface area contributed by atoms with Crippen molar-refractivity contribution in [3.8, 4) is 11.1 Å². The number of carboxylic acids is 1. The fraction of sp³-hybridized carbons (Fsp3) is 0.464. The maximum Gasteiger partial charge on any atom is 0.407 e. The van der Waals surface area contributed by atoms with Crippen molar-refractivity contribution >= 4 is 18.0 Å². The Bertz CT molecular complexity index is 1000. The lowest BCUT2D eigenvalue weighted by Crippen LogP contribution is -2.49. The number of ether oxygens (including phenoxy) is 1. The lowest BCUT2D eigenvalue weighted by molar-refractivity contribution is -0.138. The van der Waals surface area contributed by atoms with E-state index in [1.807, 2.05) is 52.0 Å². The van der Waals surface area contributed by atoms with Gasteiger partial charge < -0.3 is 20.5 Å². The number of rotatable bonds is 11. The molecule has 0 fully saturated rings. The van der Waals surface area contributed by atoms with E-state index >= 15 is 0 Å². The zero-order valence-electron chi connectivity index (χ0n) is 20.9. The molecule has 2 aromatic rings. The van der Waals surface area contributed by atoms with E-state index in [2.05, 4.69) is 34.9 Å². The van der Waals surface area contributed by atoms with Gasteiger partial charge in [0.15, 0.2) is 0 Å². The van der Waals surface area contributed by atoms with E-state index in [4.69, 9.17) is 9.84 Å². The van der Waals surface area contributed by atoms with Gasteiger partial charge >= 0.3 is 12.1 Å². The smallest absolute Gasteiger partial charge is 0.407 e. The van der Waals surface area contributed by atoms with Crippen LogP contribution in [-0.4, -0.2) is 42.3 Å². The molecule has 0 bridgehead atoms. The summed E-state index contributed by atoms with van der Waals surface area (Å²) in [6, 6.07) is 15.5. The van der Waals surface area contributed by atoms with Crippen LogP contribution in [0.15, 0.2) is 48.5 Å². The first-order chi connectivity index (χ1) is 16.7. The van der Waals surface area contributed by atoms with Crippen molar-refractivity contribution in [3.05, 3.63) is 59.7 Å². The van der Waals surface area contributed by atoms with E-state index in [9.17, 15) is 14.4 Å². The molecule has 1 unspecified atom stereocenters. The number of carbonyl (C=O) groups excluding carboxylic acids is 2. The molecule has 0 heterocycles. The fourth-order valence-electron chi connectivity index (χ4n) is 4.61. The highest BCUT2D eigenvalue weighted by atomic mass is 16.5. The molecule has 2 amide bonds. The highest BCUT2D eigenvalue weighted by Gasteiger charge is 2.30. The van der Waals surface area contributed by atoms with Gasteiger partial charge in [-0.3, -0.25) is 9.59 Å². The molecule has 1 aliphatic rings. The van der Waals surface area contributed by atoms with Crippen LogP contribution in [-0.2, 0) is 14.3 Å². The van der Waals surface area contributed by atoms with Crippen LogP contribution < -0.4 is 10.6 Å². The Labute approximate surface area is 207 Å². The Morgan fingerprint density at radius 3 is 2.03 bits per heavy atom. The van der Waals surface area contributed by atoms with Crippen LogP contribution in [0.25, 0.3) is 11.1 Å². The molecule has 0 aliphatic heterocycles. The molecule has 3 rings (SSSR count). The van der Waals surface area contributed by atoms with Gasteiger partial charge in [0.1, 0.15) is 12.6 Å². The van der Waals surface area contributed by atoms with Crippen LogP contribution in [0.2, 0.25) is 0 Å². The van der Waals surface area contributed by atoms with E-state index in [0.29, 0.717) is 6.42 Å². The van der Waals surface area contributed by atoms with Crippen molar-refractivity contribution in [2.75, 3.05) is 13.2 Å². The highest BCUT2D eigenvalue weighted by molar-refractivity contribution is 5.85. The second-order valence-corrected chi connectivity index (χ2v) is 10.00. The van der Waals surface area contributed by atoms with Crippen molar-refractivity contribution in [2.45, 2.75) is 52.5 Å². The van der Waals surface area contributed by atoms with Gasteiger partial charge in [0, 0.05) is 12.5 Å². The predicted octanol–water partition coefficient (Wildman–Crippen LogP) is 4.80. The SMILES string of the molecule is CC(C)C[C@H](NC(=O)OCC1c2ccccc2-c2ccccc21)C(=O)NCC(CC(=O)O)C(C)C. The van der Waals surface area contributed by atoms with Gasteiger partial charge in [-0.2, -0.15) is 0 Å². The van der Waals surface area contributed by atoms with Gasteiger partial charge in [0.05, 0.1) is 6.42 Å². The van der Waals surface area contributed by atoms with Gasteiger partial charge in [-0.1, -0.05) is 76.2 Å². The molecule has 188 valence electrons. The molecule has 0 saturated heterocycles. The minimum absolute atomic E-state index is 0.0212. The summed E-state index contributed by atoms with van der Waals surface area (Å²) in [5, 5.41) is 14.7. The zero-order valence-corrected chi connectivity index (χ0v) is 20.9. The van der Waals surface area contributed by atoms with Crippen LogP contribution in [0.4, 0.5) is 4.79 Å². The minimum atomic E-state index is -0.895. The normalized spacial score (nSPS) is 14.2. The number of carbonyl (C=O) groups is 3. The largest absolute Gasteiger partial charge is 0.481 e. The highest BCUT2D eigenvalue weighted by Crippen LogP contribution is 2.44. The van der Waals surface area contributed by atoms with Crippen LogP contribution in [0, 0.1) is 17.8 Å². The molecule has 35 heavy (non-hydrogen) atoms. The van der Waals surface area contributed by atoms with Crippen molar-refractivity contribution in [1.29, 1.82) is 0 Å². The third kappa shape index (κ3) is 6.84. The van der Waals surface area contributed by atoms with Crippen LogP contribution in [0.5, 0.6) is 0 Å². The van der Waals surface area contributed by atoms with Crippen LogP contribution in [0.1, 0.15) is 57.6 Å². The lowest BCUT2D eigenvalue weighted by atomic mass is 9.92. The Hall–Kier alpha value is -3.35. The number of aliphatic carboxylic acids is 1. The molecule has 1 aliphatic carbocycles. The van der Waals surface area contributed by atoms with Gasteiger partial charge in [-0.15, -0.1) is 0 Å². The Morgan fingerprint density at radius 2 is 1.51 bits per heavy atom. The first kappa shape index (κ1) is 26.3. The minimum Gasteiger partial charge on any atom is -0.481 e. The van der Waals surface area contributed by atoms with Gasteiger partial charge in [-0.05, 0) is 46.4 Å². The number of nitrogens with one attached hydrogen (secondary N) is 2. The van der Waals surface area contributed by atoms with E-state index in [0.717, 1.165) is 22.3 Å². The van der Waals surface area contributed by atoms with Gasteiger partial charge in [0.25, 0.3) is 0 Å². The van der Waals surface area contributed by atoms with Gasteiger partial charge in [0.2, 0.25) is 5.91 Å². The average Bonchev–Trinajstić information content (AvgIpc) is 3.13. The van der Waals surface area contributed by atoms with Crippen molar-refractivity contribution < 1.29 is 24.2 Å². The number of benzene rings is 2. The second-order valence-electron chi connectivity index (χ2n) is 10.00. The Morgan fingerprint density at radius 1 is 0.943 bits per heavy atom. The summed E-state index contributed by atoms with van der Waals surface area (Å²) in [5.74, 6) is -1.21. The van der Waals surface area contributed by atoms with E-state index in [-0.39, 0.29) is 49.2 Å². The maximum atomic E-state index is 12.9. The Balaban J connectivity index is 1.62. The number of hydrogen-bond acceptors (Lipinski definition) is 4. The zero-order chi connectivity index (χ0) is 25.5. The predicted molar refractivity (Wildman–Crippen MR) is 135 cm³/mol. The van der Waals surface area contributed by atoms with Crippen LogP contribution >= 0.6 is 0 Å². The molecule has 0 aromatic heterocycles. The first-order valence-electron chi connectivity index (χ1n) is 12.3. The summed E-state index contributed by atoms with van der Waals surface area (Å²) >= 11 is 0. The third-order valence-corrected chi connectivity index (χ3v) is 6.58. The number of fused-ring (bicyclic) bond motifs is 3. The monoisotopic (exact) mass is 480 g/mol. The molecule has 7 nitrogen and oxygen atoms in total. The van der Waals surface area contributed by atoms with Crippen LogP contribution in [0.3, 0.4) is 0 Å². The molecule has 0 spiro atoms. The number of hydrogen-bond donors (Lipinski definition) is 3. The topological polar surface area (TPSA) is 105 Å². The molecule has 0 radical (unpaired) electrons. The number of amides is 2. The fourth-order valence-corrected chi connectivity index (χ4v) is 4.61. The summed E-state index contributed by atoms with van der Waals surface area (Å²) in [4.78, 5) is 36.7. The summed E-state index contributed by atoms with van der Waals surface area (Å²) in [6.45, 7) is 8.22. The van der Waals surface area contributed by atoms with Crippen molar-refractivity contribution in [2.24, 2.45) is 17.8 Å². The summed E-state index contributed by atoms with van der Waals surface area (Å²) < 4.78 is 5.61. The molecular weight excluding hydrogens is 444 g/mol. The van der Waals surface area contributed by atoms with Gasteiger partial charge in [-0.25, -0.2) is 4.79 Å². The molecule has 2 atom stereocenters. The Kier molecular flexibility index (Phi) is 8.90. The summed E-state index contributed by atoms with van der Waals surface area (Å²) in [6.07, 6.45) is -0.216. The molecular formula is C28H36N2O5. The van der Waals surface area contributed by atoms with Crippen molar-refractivity contribution in [1.82, 2.24) is 10.6 Å². The number of alkyl carbamates (subject to hydrolysis) is 1. The number of carboxylic acid groups (broad SMARTS) is 1. The average molecular weight is 481 g/mol. The summed E-state index contributed by atoms with van der Waals surface area (Å²) in [5.41, 5.74) is 4.54. The molecule has 3 N–H and O–H groups in total. The second kappa shape index (κ2) is 11.9. The summed E-state index contributed by atoms with van der Waals surface area (Å²) in [7, 11) is 0. The molecule has 2 aromatic carbocycles. The third-order valence-electron chi connectivity index (χ3n) is 6.58. The molecule has 7 heteroatoms. The van der Waals surface area contributed by atoms with E-state index in [1.165, 1.54) is 0 Å².